The average Bonchev–Trinajstić information content (AvgIpc) is 3.10. The number of aromatic nitrogens is 1. The lowest BCUT2D eigenvalue weighted by molar-refractivity contribution is 0.871. The number of nitrogens with two attached hydrogens (primary N) is 1. The van der Waals surface area contributed by atoms with E-state index in [0.717, 1.165) is 13.0 Å². The number of nitrogens with zero attached hydrogens (tertiary/aromatic N) is 1. The number of aryl methyl sites for hydroxylation is 1. The van der Waals surface area contributed by atoms with Gasteiger partial charge in [-0.25, -0.2) is 0 Å². The Hall–Kier alpha value is -1.24. The summed E-state index contributed by atoms with van der Waals surface area (Å²) < 4.78 is 0. The van der Waals surface area contributed by atoms with Gasteiger partial charge >= 0.3 is 0 Å². The van der Waals surface area contributed by atoms with Crippen molar-refractivity contribution in [1.82, 2.24) is 10.3 Å². The van der Waals surface area contributed by atoms with Crippen molar-refractivity contribution in [3.05, 3.63) is 35.5 Å². The highest BCUT2D eigenvalue weighted by Crippen LogP contribution is 2.20. The summed E-state index contributed by atoms with van der Waals surface area (Å²) in [6.45, 7) is 2.83. The first kappa shape index (κ1) is 15.2. The first-order valence-electron chi connectivity index (χ1n) is 6.85. The smallest absolute Gasteiger partial charge is 0.188 e. The lowest BCUT2D eigenvalue weighted by Gasteiger charge is -2.02. The molecule has 0 saturated heterocycles. The van der Waals surface area contributed by atoms with Gasteiger partial charge in [0.1, 0.15) is 0 Å². The highest BCUT2D eigenvalue weighted by atomic mass is 127. The topological polar surface area (TPSA) is 66.2 Å². The molecule has 0 spiro atoms. The van der Waals surface area contributed by atoms with Gasteiger partial charge < -0.3 is 16.0 Å². The summed E-state index contributed by atoms with van der Waals surface area (Å²) in [4.78, 5) is 7.69. The van der Waals surface area contributed by atoms with Gasteiger partial charge in [-0.15, -0.1) is 24.0 Å². The van der Waals surface area contributed by atoms with E-state index in [1.54, 1.807) is 0 Å². The molecule has 4 nitrogen and oxygen atoms in total. The summed E-state index contributed by atoms with van der Waals surface area (Å²) in [5, 5.41) is 4.49. The Morgan fingerprint density at radius 1 is 1.45 bits per heavy atom. The zero-order chi connectivity index (χ0) is 13.2. The molecule has 20 heavy (non-hydrogen) atoms. The van der Waals surface area contributed by atoms with Crippen molar-refractivity contribution in [2.24, 2.45) is 10.7 Å². The molecule has 0 aliphatic heterocycles. The number of guanidine groups is 1. The van der Waals surface area contributed by atoms with Crippen LogP contribution in [0.5, 0.6) is 0 Å². The number of fused-ring (bicyclic) bond motifs is 1. The van der Waals surface area contributed by atoms with Crippen LogP contribution in [0.3, 0.4) is 0 Å². The summed E-state index contributed by atoms with van der Waals surface area (Å²) in [7, 11) is 0. The number of nitrogens with one attached hydrogen (secondary N) is 2. The van der Waals surface area contributed by atoms with Crippen LogP contribution in [0.4, 0.5) is 0 Å². The molecule has 4 N–H and O–H groups in total. The molecule has 1 aliphatic rings. The summed E-state index contributed by atoms with van der Waals surface area (Å²) in [5.41, 5.74) is 9.59. The van der Waals surface area contributed by atoms with Crippen LogP contribution in [0.25, 0.3) is 10.9 Å². The fourth-order valence-electron chi connectivity index (χ4n) is 2.29. The van der Waals surface area contributed by atoms with Gasteiger partial charge in [0.05, 0.1) is 0 Å². The normalized spacial score (nSPS) is 15.2. The Balaban J connectivity index is 0.00000147. The summed E-state index contributed by atoms with van der Waals surface area (Å²) in [6, 6.07) is 7.06. The molecule has 2 aromatic rings. The summed E-state index contributed by atoms with van der Waals surface area (Å²) in [5.74, 6) is 0.582. The fraction of sp³-hybridized carbons (Fsp3) is 0.400. The minimum atomic E-state index is 0. The lowest BCUT2D eigenvalue weighted by Crippen LogP contribution is -2.33. The molecule has 1 heterocycles. The predicted molar refractivity (Wildman–Crippen MR) is 94.8 cm³/mol. The van der Waals surface area contributed by atoms with E-state index in [1.807, 2.05) is 0 Å². The number of hydrogen-bond acceptors (Lipinski definition) is 1. The maximum Gasteiger partial charge on any atom is 0.188 e. The van der Waals surface area contributed by atoms with Crippen LogP contribution in [0, 0.1) is 6.92 Å². The number of aliphatic imine (C=N–C) groups is 1. The Kier molecular flexibility index (Phi) is 4.91. The van der Waals surface area contributed by atoms with Crippen molar-refractivity contribution in [2.45, 2.75) is 32.2 Å². The molecule has 0 radical (unpaired) electrons. The number of H-pyrrole nitrogens is 1. The van der Waals surface area contributed by atoms with E-state index < -0.39 is 0 Å². The summed E-state index contributed by atoms with van der Waals surface area (Å²) >= 11 is 0. The van der Waals surface area contributed by atoms with E-state index in [2.05, 4.69) is 46.6 Å². The minimum absolute atomic E-state index is 0. The second kappa shape index (κ2) is 6.47. The van der Waals surface area contributed by atoms with Gasteiger partial charge in [0.2, 0.25) is 0 Å². The summed E-state index contributed by atoms with van der Waals surface area (Å²) in [6.07, 6.45) is 5.43. The van der Waals surface area contributed by atoms with E-state index in [0.29, 0.717) is 12.0 Å². The Morgan fingerprint density at radius 2 is 2.25 bits per heavy atom. The van der Waals surface area contributed by atoms with Crippen molar-refractivity contribution < 1.29 is 0 Å². The number of hydrogen-bond donors (Lipinski definition) is 3. The highest BCUT2D eigenvalue weighted by Gasteiger charge is 2.21. The maximum absolute atomic E-state index is 5.82. The minimum Gasteiger partial charge on any atom is -0.370 e. The number of aromatic amines is 1. The molecule has 0 amide bonds. The van der Waals surface area contributed by atoms with Crippen LogP contribution in [0.2, 0.25) is 0 Å². The largest absolute Gasteiger partial charge is 0.370 e. The SMILES string of the molecule is Cc1ccc2c(CCN=C(N)NC3CC3)c[nH]c2c1.I. The third kappa shape index (κ3) is 3.65. The average molecular weight is 384 g/mol. The van der Waals surface area contributed by atoms with Crippen LogP contribution in [-0.2, 0) is 6.42 Å². The third-order valence-electron chi connectivity index (χ3n) is 3.52. The van der Waals surface area contributed by atoms with Gasteiger partial charge in [-0.1, -0.05) is 12.1 Å². The maximum atomic E-state index is 5.82. The van der Waals surface area contributed by atoms with Crippen LogP contribution in [0.1, 0.15) is 24.0 Å². The Morgan fingerprint density at radius 3 is 3.00 bits per heavy atom. The van der Waals surface area contributed by atoms with Crippen LogP contribution < -0.4 is 11.1 Å². The molecule has 1 aromatic carbocycles. The molecular weight excluding hydrogens is 363 g/mol. The second-order valence-electron chi connectivity index (χ2n) is 5.30. The van der Waals surface area contributed by atoms with Crippen molar-refractivity contribution in [2.75, 3.05) is 6.54 Å². The van der Waals surface area contributed by atoms with Gasteiger partial charge in [-0.2, -0.15) is 0 Å². The molecular formula is C15H21IN4. The van der Waals surface area contributed by atoms with Crippen molar-refractivity contribution in [3.8, 4) is 0 Å². The van der Waals surface area contributed by atoms with Crippen LogP contribution in [-0.4, -0.2) is 23.5 Å². The molecule has 0 bridgehead atoms. The zero-order valence-corrected chi connectivity index (χ0v) is 14.0. The quantitative estimate of drug-likeness (QED) is 0.431. The van der Waals surface area contributed by atoms with Gasteiger partial charge in [0.15, 0.2) is 5.96 Å². The Bertz CT molecular complexity index is 613. The van der Waals surface area contributed by atoms with Gasteiger partial charge in [0.25, 0.3) is 0 Å². The standard InChI is InChI=1S/C15H20N4.HI/c1-10-2-5-13-11(9-18-14(13)8-10)6-7-17-15(16)19-12-3-4-12;/h2,5,8-9,12,18H,3-4,6-7H2,1H3,(H3,16,17,19);1H. The lowest BCUT2D eigenvalue weighted by atomic mass is 10.1. The van der Waals surface area contributed by atoms with E-state index in [1.165, 1.54) is 34.9 Å². The van der Waals surface area contributed by atoms with Gasteiger partial charge in [-0.3, -0.25) is 4.99 Å². The molecule has 5 heteroatoms. The van der Waals surface area contributed by atoms with E-state index >= 15 is 0 Å². The van der Waals surface area contributed by atoms with E-state index in [-0.39, 0.29) is 24.0 Å². The number of benzene rings is 1. The van der Waals surface area contributed by atoms with E-state index in [9.17, 15) is 0 Å². The van der Waals surface area contributed by atoms with Gasteiger partial charge in [0, 0.05) is 29.7 Å². The monoisotopic (exact) mass is 384 g/mol. The van der Waals surface area contributed by atoms with Crippen molar-refractivity contribution in [3.63, 3.8) is 0 Å². The molecule has 1 aliphatic carbocycles. The van der Waals surface area contributed by atoms with Crippen LogP contribution >= 0.6 is 24.0 Å². The zero-order valence-electron chi connectivity index (χ0n) is 11.6. The number of rotatable bonds is 4. The van der Waals surface area contributed by atoms with E-state index in [4.69, 9.17) is 5.73 Å². The third-order valence-corrected chi connectivity index (χ3v) is 3.52. The molecule has 0 unspecified atom stereocenters. The molecule has 3 rings (SSSR count). The first-order chi connectivity index (χ1) is 9.22. The predicted octanol–water partition coefficient (Wildman–Crippen LogP) is 2.70. The molecule has 108 valence electrons. The molecule has 0 atom stereocenters. The highest BCUT2D eigenvalue weighted by molar-refractivity contribution is 14.0. The fourth-order valence-corrected chi connectivity index (χ4v) is 2.29. The molecule has 1 saturated carbocycles. The van der Waals surface area contributed by atoms with Crippen molar-refractivity contribution in [1.29, 1.82) is 0 Å². The number of halogens is 1. The molecule has 1 fully saturated rings. The van der Waals surface area contributed by atoms with Crippen molar-refractivity contribution >= 4 is 40.8 Å². The first-order valence-corrected chi connectivity index (χ1v) is 6.85. The van der Waals surface area contributed by atoms with Crippen LogP contribution in [0.15, 0.2) is 29.4 Å². The second-order valence-corrected chi connectivity index (χ2v) is 5.30. The Labute approximate surface area is 136 Å². The molecule has 1 aromatic heterocycles. The van der Waals surface area contributed by atoms with Gasteiger partial charge in [-0.05, 0) is 43.4 Å².